The number of Topliss-reactive ketones (excluding diaryl/α,β-unsaturated/α-hetero) is 1. The maximum atomic E-state index is 10.7. The van der Waals surface area contributed by atoms with Crippen molar-refractivity contribution in [3.63, 3.8) is 0 Å². The van der Waals surface area contributed by atoms with E-state index in [4.69, 9.17) is 0 Å². The quantitative estimate of drug-likeness (QED) is 0.685. The molecule has 0 heterocycles. The normalized spacial score (nSPS) is 17.1. The van der Waals surface area contributed by atoms with Gasteiger partial charge in [0.15, 0.2) is 0 Å². The fourth-order valence-electron chi connectivity index (χ4n) is 1.43. The van der Waals surface area contributed by atoms with E-state index in [0.717, 1.165) is 18.6 Å². The summed E-state index contributed by atoms with van der Waals surface area (Å²) >= 11 is 1.85. The van der Waals surface area contributed by atoms with Gasteiger partial charge in [0.2, 0.25) is 0 Å². The van der Waals surface area contributed by atoms with Crippen molar-refractivity contribution in [2.45, 2.75) is 17.7 Å². The van der Waals surface area contributed by atoms with Crippen LogP contribution in [-0.2, 0) is 4.79 Å². The van der Waals surface area contributed by atoms with Crippen molar-refractivity contribution in [1.29, 1.82) is 0 Å². The van der Waals surface area contributed by atoms with E-state index in [9.17, 15) is 4.79 Å². The van der Waals surface area contributed by atoms with Crippen LogP contribution in [0.15, 0.2) is 35.2 Å². The highest BCUT2D eigenvalue weighted by Crippen LogP contribution is 2.29. The maximum absolute atomic E-state index is 10.7. The Morgan fingerprint density at radius 1 is 1.23 bits per heavy atom. The van der Waals surface area contributed by atoms with Crippen LogP contribution in [0, 0.1) is 5.92 Å². The van der Waals surface area contributed by atoms with E-state index >= 15 is 0 Å². The third-order valence-corrected chi connectivity index (χ3v) is 3.51. The smallest absolute Gasteiger partial charge is 0.133 e. The van der Waals surface area contributed by atoms with Crippen LogP contribution in [0.3, 0.4) is 0 Å². The van der Waals surface area contributed by atoms with Gasteiger partial charge in [-0.05, 0) is 18.1 Å². The number of benzene rings is 1. The van der Waals surface area contributed by atoms with Gasteiger partial charge in [0.05, 0.1) is 0 Å². The molecule has 0 radical (unpaired) electrons. The van der Waals surface area contributed by atoms with Gasteiger partial charge >= 0.3 is 0 Å². The van der Waals surface area contributed by atoms with Crippen LogP contribution < -0.4 is 0 Å². The van der Waals surface area contributed by atoms with Gasteiger partial charge in [-0.3, -0.25) is 4.79 Å². The molecule has 0 unspecified atom stereocenters. The second-order valence-electron chi connectivity index (χ2n) is 3.44. The molecule has 2 heteroatoms. The van der Waals surface area contributed by atoms with Crippen molar-refractivity contribution < 1.29 is 4.79 Å². The van der Waals surface area contributed by atoms with Gasteiger partial charge in [0.25, 0.3) is 0 Å². The minimum absolute atomic E-state index is 0.429. The Morgan fingerprint density at radius 2 is 1.92 bits per heavy atom. The van der Waals surface area contributed by atoms with Crippen LogP contribution in [-0.4, -0.2) is 11.5 Å². The lowest BCUT2D eigenvalue weighted by Crippen LogP contribution is -2.24. The molecular weight excluding hydrogens is 180 g/mol. The standard InChI is InChI=1S/C11H12OS/c12-10-6-9(7-10)8-13-11-4-2-1-3-5-11/h1-5,9H,6-8H2. The zero-order valence-electron chi connectivity index (χ0n) is 7.40. The molecule has 0 aliphatic heterocycles. The SMILES string of the molecule is O=C1CC(CSc2ccccc2)C1. The van der Waals surface area contributed by atoms with E-state index in [1.807, 2.05) is 30.0 Å². The van der Waals surface area contributed by atoms with Crippen molar-refractivity contribution in [3.05, 3.63) is 30.3 Å². The first-order valence-corrected chi connectivity index (χ1v) is 5.53. The number of thioether (sulfide) groups is 1. The summed E-state index contributed by atoms with van der Waals surface area (Å²) in [4.78, 5) is 12.0. The van der Waals surface area contributed by atoms with E-state index in [1.54, 1.807) is 0 Å². The van der Waals surface area contributed by atoms with Crippen molar-refractivity contribution in [3.8, 4) is 0 Å². The number of hydrogen-bond acceptors (Lipinski definition) is 2. The Kier molecular flexibility index (Phi) is 2.69. The number of carbonyl (C=O) groups is 1. The van der Waals surface area contributed by atoms with Gasteiger partial charge in [-0.1, -0.05) is 18.2 Å². The molecule has 1 aromatic carbocycles. The van der Waals surface area contributed by atoms with E-state index in [-0.39, 0.29) is 0 Å². The van der Waals surface area contributed by atoms with Gasteiger partial charge in [0.1, 0.15) is 5.78 Å². The summed E-state index contributed by atoms with van der Waals surface area (Å²) in [6.07, 6.45) is 1.61. The third-order valence-electron chi connectivity index (χ3n) is 2.26. The summed E-state index contributed by atoms with van der Waals surface area (Å²) in [6.45, 7) is 0. The number of ketones is 1. The van der Waals surface area contributed by atoms with Crippen LogP contribution in [0.4, 0.5) is 0 Å². The lowest BCUT2D eigenvalue weighted by atomic mass is 9.86. The van der Waals surface area contributed by atoms with Crippen molar-refractivity contribution in [2.75, 3.05) is 5.75 Å². The van der Waals surface area contributed by atoms with Crippen molar-refractivity contribution in [2.24, 2.45) is 5.92 Å². The molecule has 1 aliphatic rings. The molecule has 1 aliphatic carbocycles. The van der Waals surface area contributed by atoms with E-state index in [1.165, 1.54) is 4.90 Å². The highest BCUT2D eigenvalue weighted by atomic mass is 32.2. The summed E-state index contributed by atoms with van der Waals surface area (Å²) in [5, 5.41) is 0. The molecule has 0 aromatic heterocycles. The Morgan fingerprint density at radius 3 is 2.54 bits per heavy atom. The zero-order chi connectivity index (χ0) is 9.10. The molecule has 1 saturated carbocycles. The molecule has 1 nitrogen and oxygen atoms in total. The highest BCUT2D eigenvalue weighted by Gasteiger charge is 2.25. The topological polar surface area (TPSA) is 17.1 Å². The first-order chi connectivity index (χ1) is 6.34. The van der Waals surface area contributed by atoms with Crippen molar-refractivity contribution >= 4 is 17.5 Å². The molecule has 0 spiro atoms. The molecule has 1 fully saturated rings. The fraction of sp³-hybridized carbons (Fsp3) is 0.364. The number of rotatable bonds is 3. The van der Waals surface area contributed by atoms with Gasteiger partial charge < -0.3 is 0 Å². The molecule has 0 N–H and O–H groups in total. The first-order valence-electron chi connectivity index (χ1n) is 4.54. The maximum Gasteiger partial charge on any atom is 0.133 e. The third kappa shape index (κ3) is 2.34. The van der Waals surface area contributed by atoms with Gasteiger partial charge in [-0.15, -0.1) is 11.8 Å². The van der Waals surface area contributed by atoms with Crippen LogP contribution in [0.5, 0.6) is 0 Å². The Labute approximate surface area is 82.5 Å². The fourth-order valence-corrected chi connectivity index (χ4v) is 2.45. The monoisotopic (exact) mass is 192 g/mol. The average Bonchev–Trinajstić information content (AvgIpc) is 2.12. The summed E-state index contributed by atoms with van der Waals surface area (Å²) in [5.41, 5.74) is 0. The van der Waals surface area contributed by atoms with Crippen LogP contribution >= 0.6 is 11.8 Å². The van der Waals surface area contributed by atoms with E-state index in [2.05, 4.69) is 12.1 Å². The zero-order valence-corrected chi connectivity index (χ0v) is 8.22. The average molecular weight is 192 g/mol. The molecule has 1 aromatic rings. The van der Waals surface area contributed by atoms with Gasteiger partial charge in [-0.2, -0.15) is 0 Å². The summed E-state index contributed by atoms with van der Waals surface area (Å²) in [7, 11) is 0. The molecule has 0 bridgehead atoms. The second-order valence-corrected chi connectivity index (χ2v) is 4.53. The molecule has 0 amide bonds. The van der Waals surface area contributed by atoms with Crippen molar-refractivity contribution in [1.82, 2.24) is 0 Å². The highest BCUT2D eigenvalue weighted by molar-refractivity contribution is 7.99. The van der Waals surface area contributed by atoms with Gasteiger partial charge in [-0.25, -0.2) is 0 Å². The molecule has 0 saturated heterocycles. The summed E-state index contributed by atoms with van der Waals surface area (Å²) in [5.74, 6) is 2.16. The minimum Gasteiger partial charge on any atom is -0.300 e. The first kappa shape index (κ1) is 8.82. The van der Waals surface area contributed by atoms with Gasteiger partial charge in [0, 0.05) is 23.5 Å². The molecule has 13 heavy (non-hydrogen) atoms. The lowest BCUT2D eigenvalue weighted by Gasteiger charge is -2.23. The lowest BCUT2D eigenvalue weighted by molar-refractivity contribution is -0.126. The molecule has 68 valence electrons. The summed E-state index contributed by atoms with van der Waals surface area (Å²) < 4.78 is 0. The van der Waals surface area contributed by atoms with Crippen LogP contribution in [0.2, 0.25) is 0 Å². The van der Waals surface area contributed by atoms with Crippen LogP contribution in [0.25, 0.3) is 0 Å². The summed E-state index contributed by atoms with van der Waals surface area (Å²) in [6, 6.07) is 10.4. The molecule has 0 atom stereocenters. The number of hydrogen-bond donors (Lipinski definition) is 0. The Balaban J connectivity index is 1.77. The Bertz CT molecular complexity index is 286. The molecular formula is C11H12OS. The van der Waals surface area contributed by atoms with E-state index < -0.39 is 0 Å². The minimum atomic E-state index is 0.429. The second kappa shape index (κ2) is 3.97. The predicted molar refractivity (Wildman–Crippen MR) is 54.9 cm³/mol. The Hall–Kier alpha value is -0.760. The number of carbonyl (C=O) groups excluding carboxylic acids is 1. The predicted octanol–water partition coefficient (Wildman–Crippen LogP) is 2.76. The van der Waals surface area contributed by atoms with E-state index in [0.29, 0.717) is 11.7 Å². The molecule has 2 rings (SSSR count). The largest absolute Gasteiger partial charge is 0.300 e. The van der Waals surface area contributed by atoms with Crippen LogP contribution in [0.1, 0.15) is 12.8 Å².